The Labute approximate surface area is 105 Å². The lowest BCUT2D eigenvalue weighted by atomic mass is 10.2. The second kappa shape index (κ2) is 4.64. The van der Waals surface area contributed by atoms with Crippen LogP contribution in [0.25, 0.3) is 0 Å². The van der Waals surface area contributed by atoms with Gasteiger partial charge in [0.2, 0.25) is 9.84 Å². The normalized spacial score (nSPS) is 10.5. The summed E-state index contributed by atoms with van der Waals surface area (Å²) < 4.78 is 23.4. The molecule has 0 bridgehead atoms. The summed E-state index contributed by atoms with van der Waals surface area (Å²) in [4.78, 5) is 0. The molecule has 0 heterocycles. The van der Waals surface area contributed by atoms with Crippen LogP contribution in [0.3, 0.4) is 0 Å². The highest BCUT2D eigenvalue weighted by molar-refractivity contribution is 14.1. The molecule has 2 nitrogen and oxygen atoms in total. The Hall–Kier alpha value is -0.0600. The second-order valence-electron chi connectivity index (χ2n) is 2.62. The molecule has 1 aromatic rings. The fourth-order valence-electron chi connectivity index (χ4n) is 0.741. The fraction of sp³-hybridized carbons (Fsp3) is 0.111. The van der Waals surface area contributed by atoms with Crippen LogP contribution in [0.5, 0.6) is 0 Å². The van der Waals surface area contributed by atoms with Crippen molar-refractivity contribution in [3.8, 4) is 11.2 Å². The van der Waals surface area contributed by atoms with Crippen molar-refractivity contribution in [2.75, 3.05) is 6.26 Å². The maximum atomic E-state index is 10.8. The highest BCUT2D eigenvalue weighted by Gasteiger charge is 1.98. The van der Waals surface area contributed by atoms with Crippen LogP contribution in [-0.4, -0.2) is 14.7 Å². The van der Waals surface area contributed by atoms with Gasteiger partial charge in [0.25, 0.3) is 0 Å². The van der Waals surface area contributed by atoms with Crippen molar-refractivity contribution in [1.82, 2.24) is 0 Å². The van der Waals surface area contributed by atoms with Gasteiger partial charge in [-0.05, 0) is 62.6 Å². The molecule has 0 aliphatic carbocycles. The highest BCUT2D eigenvalue weighted by atomic mass is 127. The number of hydrogen-bond acceptors (Lipinski definition) is 2. The van der Waals surface area contributed by atoms with Gasteiger partial charge in [-0.15, -0.1) is 0 Å². The lowest BCUT2D eigenvalue weighted by molar-refractivity contribution is 0.611. The van der Waals surface area contributed by atoms with E-state index in [-0.39, 0.29) is 0 Å². The maximum absolute atomic E-state index is 10.8. The number of halogens is 2. The molecule has 74 valence electrons. The van der Waals surface area contributed by atoms with Crippen LogP contribution in [0.15, 0.2) is 22.7 Å². The average Bonchev–Trinajstić information content (AvgIpc) is 2.05. The van der Waals surface area contributed by atoms with Crippen molar-refractivity contribution in [3.63, 3.8) is 0 Å². The summed E-state index contributed by atoms with van der Waals surface area (Å²) in [7, 11) is -3.24. The third-order valence-electron chi connectivity index (χ3n) is 1.30. The number of rotatable bonds is 0. The van der Waals surface area contributed by atoms with E-state index in [2.05, 4.69) is 49.7 Å². The summed E-state index contributed by atoms with van der Waals surface area (Å²) in [6.45, 7) is 0. The summed E-state index contributed by atoms with van der Waals surface area (Å²) in [6, 6.07) is 5.58. The first-order chi connectivity index (χ1) is 6.38. The Morgan fingerprint density at radius 1 is 1.43 bits per heavy atom. The van der Waals surface area contributed by atoms with Crippen molar-refractivity contribution in [1.29, 1.82) is 0 Å². The standard InChI is InChI=1S/C9H6BrIO2S/c1-14(12,13)5-4-7-6-8(11)2-3-9(7)10/h2-3,6H,1H3. The molecule has 0 spiro atoms. The Morgan fingerprint density at radius 3 is 2.64 bits per heavy atom. The Kier molecular flexibility index (Phi) is 3.98. The zero-order chi connectivity index (χ0) is 10.8. The molecule has 1 rings (SSSR count). The first-order valence-corrected chi connectivity index (χ1v) is 7.32. The monoisotopic (exact) mass is 384 g/mol. The van der Waals surface area contributed by atoms with E-state index in [9.17, 15) is 8.42 Å². The van der Waals surface area contributed by atoms with Gasteiger partial charge in [0.15, 0.2) is 0 Å². The molecule has 0 radical (unpaired) electrons. The zero-order valence-corrected chi connectivity index (χ0v) is 11.8. The van der Waals surface area contributed by atoms with Crippen molar-refractivity contribution in [2.45, 2.75) is 0 Å². The number of sulfone groups is 1. The summed E-state index contributed by atoms with van der Waals surface area (Å²) >= 11 is 5.44. The van der Waals surface area contributed by atoms with Crippen molar-refractivity contribution < 1.29 is 8.42 Å². The molecular weight excluding hydrogens is 379 g/mol. The predicted octanol–water partition coefficient (Wildman–Crippen LogP) is 2.41. The zero-order valence-electron chi connectivity index (χ0n) is 7.21. The van der Waals surface area contributed by atoms with Gasteiger partial charge < -0.3 is 0 Å². The molecule has 0 atom stereocenters. The largest absolute Gasteiger partial charge is 0.216 e. The average molecular weight is 385 g/mol. The minimum atomic E-state index is -3.24. The molecule has 0 saturated heterocycles. The van der Waals surface area contributed by atoms with Gasteiger partial charge >= 0.3 is 0 Å². The summed E-state index contributed by atoms with van der Waals surface area (Å²) in [6.07, 6.45) is 1.09. The van der Waals surface area contributed by atoms with Crippen molar-refractivity contribution in [2.24, 2.45) is 0 Å². The first-order valence-electron chi connectivity index (χ1n) is 3.56. The third kappa shape index (κ3) is 3.98. The lowest BCUT2D eigenvalue weighted by Gasteiger charge is -1.95. The minimum Gasteiger partial charge on any atom is -0.216 e. The quantitative estimate of drug-likeness (QED) is 0.508. The van der Waals surface area contributed by atoms with Crippen LogP contribution in [0.1, 0.15) is 5.56 Å². The van der Waals surface area contributed by atoms with Crippen LogP contribution in [-0.2, 0) is 9.84 Å². The summed E-state index contributed by atoms with van der Waals surface area (Å²) in [5, 5.41) is 2.20. The second-order valence-corrected chi connectivity index (χ2v) is 6.47. The van der Waals surface area contributed by atoms with Crippen molar-refractivity contribution in [3.05, 3.63) is 31.8 Å². The van der Waals surface area contributed by atoms with Gasteiger partial charge in [-0.3, -0.25) is 0 Å². The van der Waals surface area contributed by atoms with Gasteiger partial charge in [0.1, 0.15) is 0 Å². The van der Waals surface area contributed by atoms with E-state index in [4.69, 9.17) is 0 Å². The lowest BCUT2D eigenvalue weighted by Crippen LogP contribution is -1.89. The molecule has 0 saturated carbocycles. The molecule has 0 unspecified atom stereocenters. The van der Waals surface area contributed by atoms with Crippen molar-refractivity contribution >= 4 is 48.4 Å². The Morgan fingerprint density at radius 2 is 2.07 bits per heavy atom. The van der Waals surface area contributed by atoms with Crippen LogP contribution in [0, 0.1) is 14.7 Å². The molecule has 0 fully saturated rings. The Balaban J connectivity index is 3.19. The third-order valence-corrected chi connectivity index (χ3v) is 3.13. The van der Waals surface area contributed by atoms with Gasteiger partial charge in [-0.2, -0.15) is 0 Å². The van der Waals surface area contributed by atoms with Crippen LogP contribution in [0.2, 0.25) is 0 Å². The van der Waals surface area contributed by atoms with E-state index in [0.29, 0.717) is 5.56 Å². The van der Waals surface area contributed by atoms with Gasteiger partial charge in [-0.1, -0.05) is 0 Å². The molecule has 14 heavy (non-hydrogen) atoms. The van der Waals surface area contributed by atoms with E-state index in [1.165, 1.54) is 0 Å². The van der Waals surface area contributed by atoms with Gasteiger partial charge in [0, 0.05) is 18.9 Å². The maximum Gasteiger partial charge on any atom is 0.214 e. The molecular formula is C9H6BrIO2S. The minimum absolute atomic E-state index is 0.683. The van der Waals surface area contributed by atoms with E-state index >= 15 is 0 Å². The molecule has 5 heteroatoms. The smallest absolute Gasteiger partial charge is 0.214 e. The topological polar surface area (TPSA) is 34.1 Å². The van der Waals surface area contributed by atoms with E-state index in [0.717, 1.165) is 14.3 Å². The first kappa shape index (κ1) is 12.0. The van der Waals surface area contributed by atoms with Gasteiger partial charge in [0.05, 0.1) is 6.26 Å². The molecule has 0 N–H and O–H groups in total. The van der Waals surface area contributed by atoms with Crippen LogP contribution < -0.4 is 0 Å². The van der Waals surface area contributed by atoms with Crippen LogP contribution in [0.4, 0.5) is 0 Å². The highest BCUT2D eigenvalue weighted by Crippen LogP contribution is 2.18. The molecule has 0 aliphatic rings. The van der Waals surface area contributed by atoms with Crippen LogP contribution >= 0.6 is 38.5 Å². The Bertz CT molecular complexity index is 511. The van der Waals surface area contributed by atoms with E-state index < -0.39 is 9.84 Å². The number of hydrogen-bond donors (Lipinski definition) is 0. The summed E-state index contributed by atoms with van der Waals surface area (Å²) in [5.74, 6) is 2.60. The fourth-order valence-corrected chi connectivity index (χ4v) is 1.87. The molecule has 1 aromatic carbocycles. The molecule has 0 amide bonds. The molecule has 0 aromatic heterocycles. The van der Waals surface area contributed by atoms with Gasteiger partial charge in [-0.25, -0.2) is 8.42 Å². The predicted molar refractivity (Wildman–Crippen MR) is 68.6 cm³/mol. The molecule has 0 aliphatic heterocycles. The number of benzene rings is 1. The SMILES string of the molecule is CS(=O)(=O)C#Cc1cc(I)ccc1Br. The van der Waals surface area contributed by atoms with E-state index in [1.807, 2.05) is 18.2 Å². The summed E-state index contributed by atoms with van der Waals surface area (Å²) in [5.41, 5.74) is 0.683. The van der Waals surface area contributed by atoms with E-state index in [1.54, 1.807) is 0 Å².